The maximum Gasteiger partial charge on any atom is 0.260 e. The summed E-state index contributed by atoms with van der Waals surface area (Å²) in [6.07, 6.45) is 7.01. The van der Waals surface area contributed by atoms with Crippen LogP contribution in [0.1, 0.15) is 58.8 Å². The molecule has 6 nitrogen and oxygen atoms in total. The lowest BCUT2D eigenvalue weighted by molar-refractivity contribution is -0.147. The number of hydrogen-bond donors (Lipinski definition) is 1. The monoisotopic (exact) mass is 402 g/mol. The van der Waals surface area contributed by atoms with Gasteiger partial charge in [0, 0.05) is 25.4 Å². The van der Waals surface area contributed by atoms with Gasteiger partial charge >= 0.3 is 0 Å². The van der Waals surface area contributed by atoms with Gasteiger partial charge in [0.1, 0.15) is 11.4 Å². The fourth-order valence-corrected chi connectivity index (χ4v) is 4.44. The number of nitrogens with one attached hydrogen (secondary N) is 1. The second-order valence-electron chi connectivity index (χ2n) is 8.34. The van der Waals surface area contributed by atoms with Crippen LogP contribution in [-0.2, 0) is 14.3 Å². The highest BCUT2D eigenvalue weighted by Crippen LogP contribution is 2.36. The van der Waals surface area contributed by atoms with Crippen LogP contribution in [0.15, 0.2) is 24.3 Å². The molecule has 29 heavy (non-hydrogen) atoms. The fraction of sp³-hybridized carbons (Fsp3) is 0.652. The van der Waals surface area contributed by atoms with Gasteiger partial charge in [0.2, 0.25) is 0 Å². The average molecular weight is 403 g/mol. The molecule has 0 radical (unpaired) electrons. The van der Waals surface area contributed by atoms with E-state index in [1.165, 1.54) is 6.42 Å². The zero-order valence-electron chi connectivity index (χ0n) is 17.7. The number of nitrogens with zero attached hydrogens (tertiary/aromatic N) is 1. The predicted molar refractivity (Wildman–Crippen MR) is 113 cm³/mol. The number of piperidine rings is 1. The van der Waals surface area contributed by atoms with Crippen LogP contribution in [0.3, 0.4) is 0 Å². The normalized spacial score (nSPS) is 24.8. The standard InChI is InChI=1S/C23H34N2O4/c1-3-29-23(13-7-8-18(2)16-23)22(27)24-19-9-11-20(12-10-19)28-17-21(26)25-14-5-4-6-15-25/h9-12,18H,3-8,13-17H2,1-2H3,(H,24,27)/t18-,23-/m0/s1. The molecule has 1 aromatic rings. The summed E-state index contributed by atoms with van der Waals surface area (Å²) < 4.78 is 11.6. The van der Waals surface area contributed by atoms with Crippen molar-refractivity contribution in [3.05, 3.63) is 24.3 Å². The summed E-state index contributed by atoms with van der Waals surface area (Å²) in [6, 6.07) is 7.20. The summed E-state index contributed by atoms with van der Waals surface area (Å²) in [5.74, 6) is 1.07. The number of anilines is 1. The van der Waals surface area contributed by atoms with Crippen LogP contribution < -0.4 is 10.1 Å². The van der Waals surface area contributed by atoms with Gasteiger partial charge in [0.25, 0.3) is 11.8 Å². The van der Waals surface area contributed by atoms with Gasteiger partial charge in [-0.05, 0) is 75.6 Å². The molecule has 2 fully saturated rings. The summed E-state index contributed by atoms with van der Waals surface area (Å²) in [6.45, 7) is 6.35. The SMILES string of the molecule is CCO[C@@]1(C(=O)Nc2ccc(OCC(=O)N3CCCCC3)cc2)CCC[C@H](C)C1. The predicted octanol–water partition coefficient (Wildman–Crippen LogP) is 4.00. The van der Waals surface area contributed by atoms with Crippen molar-refractivity contribution in [3.8, 4) is 5.75 Å². The first kappa shape index (κ1) is 21.6. The van der Waals surface area contributed by atoms with Crippen LogP contribution in [0.5, 0.6) is 5.75 Å². The maximum absolute atomic E-state index is 13.0. The van der Waals surface area contributed by atoms with Crippen molar-refractivity contribution < 1.29 is 19.1 Å². The van der Waals surface area contributed by atoms with E-state index in [4.69, 9.17) is 9.47 Å². The Labute approximate surface area is 173 Å². The molecule has 1 saturated carbocycles. The third-order valence-corrected chi connectivity index (χ3v) is 5.97. The van der Waals surface area contributed by atoms with E-state index in [2.05, 4.69) is 12.2 Å². The van der Waals surface area contributed by atoms with Gasteiger partial charge in [-0.1, -0.05) is 13.3 Å². The fourth-order valence-electron chi connectivity index (χ4n) is 4.44. The first-order valence-electron chi connectivity index (χ1n) is 11.0. The number of hydrogen-bond acceptors (Lipinski definition) is 4. The Kier molecular flexibility index (Phi) is 7.53. The molecule has 0 unspecified atom stereocenters. The molecule has 0 spiro atoms. The Bertz CT molecular complexity index is 681. The van der Waals surface area contributed by atoms with Gasteiger partial charge in [-0.3, -0.25) is 9.59 Å². The highest BCUT2D eigenvalue weighted by atomic mass is 16.5. The Morgan fingerprint density at radius 3 is 2.52 bits per heavy atom. The second kappa shape index (κ2) is 10.1. The average Bonchev–Trinajstić information content (AvgIpc) is 2.74. The number of rotatable bonds is 7. The molecule has 1 saturated heterocycles. The van der Waals surface area contributed by atoms with Crippen LogP contribution in [0.2, 0.25) is 0 Å². The minimum atomic E-state index is -0.734. The molecule has 6 heteroatoms. The van der Waals surface area contributed by atoms with Crippen molar-refractivity contribution in [2.75, 3.05) is 31.6 Å². The van der Waals surface area contributed by atoms with Crippen LogP contribution in [0.25, 0.3) is 0 Å². The van der Waals surface area contributed by atoms with Crippen molar-refractivity contribution in [2.45, 2.75) is 64.4 Å². The quantitative estimate of drug-likeness (QED) is 0.748. The summed E-state index contributed by atoms with van der Waals surface area (Å²) in [4.78, 5) is 27.1. The number of carbonyl (C=O) groups is 2. The van der Waals surface area contributed by atoms with Crippen LogP contribution >= 0.6 is 0 Å². The highest BCUT2D eigenvalue weighted by molar-refractivity contribution is 5.97. The molecular weight excluding hydrogens is 368 g/mol. The lowest BCUT2D eigenvalue weighted by Gasteiger charge is -2.38. The van der Waals surface area contributed by atoms with Gasteiger partial charge in [-0.25, -0.2) is 0 Å². The molecule has 1 aromatic carbocycles. The number of carbonyl (C=O) groups excluding carboxylic acids is 2. The van der Waals surface area contributed by atoms with E-state index < -0.39 is 5.60 Å². The number of ether oxygens (including phenoxy) is 2. The highest BCUT2D eigenvalue weighted by Gasteiger charge is 2.42. The number of likely N-dealkylation sites (tertiary alicyclic amines) is 1. The van der Waals surface area contributed by atoms with Crippen LogP contribution in [0, 0.1) is 5.92 Å². The second-order valence-corrected chi connectivity index (χ2v) is 8.34. The Balaban J connectivity index is 1.54. The van der Waals surface area contributed by atoms with Crippen molar-refractivity contribution in [2.24, 2.45) is 5.92 Å². The van der Waals surface area contributed by atoms with Gasteiger partial charge < -0.3 is 19.7 Å². The molecule has 3 rings (SSSR count). The van der Waals surface area contributed by atoms with E-state index >= 15 is 0 Å². The molecule has 2 aliphatic rings. The van der Waals surface area contributed by atoms with E-state index in [-0.39, 0.29) is 18.4 Å². The number of amides is 2. The van der Waals surface area contributed by atoms with Gasteiger partial charge in [-0.15, -0.1) is 0 Å². The molecule has 1 aliphatic carbocycles. The van der Waals surface area contributed by atoms with Gasteiger partial charge in [0.05, 0.1) is 0 Å². The maximum atomic E-state index is 13.0. The summed E-state index contributed by atoms with van der Waals surface area (Å²) in [5, 5.41) is 3.01. The Morgan fingerprint density at radius 1 is 1.14 bits per heavy atom. The smallest absolute Gasteiger partial charge is 0.260 e. The molecule has 2 amide bonds. The van der Waals surface area contributed by atoms with Crippen molar-refractivity contribution >= 4 is 17.5 Å². The molecular formula is C23H34N2O4. The van der Waals surface area contributed by atoms with E-state index in [0.29, 0.717) is 24.0 Å². The Hall–Kier alpha value is -2.08. The summed E-state index contributed by atoms with van der Waals surface area (Å²) in [7, 11) is 0. The van der Waals surface area contributed by atoms with E-state index in [1.807, 2.05) is 24.0 Å². The molecule has 2 atom stereocenters. The van der Waals surface area contributed by atoms with E-state index in [1.54, 1.807) is 12.1 Å². The first-order valence-corrected chi connectivity index (χ1v) is 11.0. The minimum Gasteiger partial charge on any atom is -0.484 e. The Morgan fingerprint density at radius 2 is 1.86 bits per heavy atom. The third-order valence-electron chi connectivity index (χ3n) is 5.97. The lowest BCUT2D eigenvalue weighted by Crippen LogP contribution is -2.48. The first-order chi connectivity index (χ1) is 14.0. The van der Waals surface area contributed by atoms with Crippen LogP contribution in [0.4, 0.5) is 5.69 Å². The van der Waals surface area contributed by atoms with Crippen molar-refractivity contribution in [3.63, 3.8) is 0 Å². The molecule has 160 valence electrons. The van der Waals surface area contributed by atoms with Gasteiger partial charge in [0.15, 0.2) is 6.61 Å². The molecule has 1 aliphatic heterocycles. The zero-order valence-corrected chi connectivity index (χ0v) is 17.7. The number of benzene rings is 1. The molecule has 0 bridgehead atoms. The van der Waals surface area contributed by atoms with E-state index in [9.17, 15) is 9.59 Å². The zero-order chi connectivity index (χ0) is 20.7. The van der Waals surface area contributed by atoms with Crippen LogP contribution in [-0.4, -0.2) is 48.6 Å². The summed E-state index contributed by atoms with van der Waals surface area (Å²) in [5.41, 5.74) is -0.0235. The lowest BCUT2D eigenvalue weighted by atomic mass is 9.78. The molecule has 1 heterocycles. The topological polar surface area (TPSA) is 67.9 Å². The van der Waals surface area contributed by atoms with E-state index in [0.717, 1.165) is 51.6 Å². The minimum absolute atomic E-state index is 0.0344. The molecule has 0 aromatic heterocycles. The van der Waals surface area contributed by atoms with Gasteiger partial charge in [-0.2, -0.15) is 0 Å². The molecule has 1 N–H and O–H groups in total. The summed E-state index contributed by atoms with van der Waals surface area (Å²) >= 11 is 0. The largest absolute Gasteiger partial charge is 0.484 e. The van der Waals surface area contributed by atoms with Crippen molar-refractivity contribution in [1.82, 2.24) is 4.90 Å². The van der Waals surface area contributed by atoms with Crippen molar-refractivity contribution in [1.29, 1.82) is 0 Å². The third kappa shape index (κ3) is 5.72.